The molecule has 0 radical (unpaired) electrons. The minimum absolute atomic E-state index is 0.205. The van der Waals surface area contributed by atoms with E-state index in [0.717, 1.165) is 5.69 Å². The maximum atomic E-state index is 4.25. The molecule has 1 nitrogen and oxygen atoms in total. The van der Waals surface area contributed by atoms with Crippen molar-refractivity contribution in [3.8, 4) is 0 Å². The summed E-state index contributed by atoms with van der Waals surface area (Å²) < 4.78 is 0. The van der Waals surface area contributed by atoms with Crippen molar-refractivity contribution in [3.05, 3.63) is 29.8 Å². The minimum atomic E-state index is 0.205. The predicted octanol–water partition coefficient (Wildman–Crippen LogP) is 2.68. The van der Waals surface area contributed by atoms with Crippen LogP contribution in [0, 0.1) is 6.92 Å². The lowest BCUT2D eigenvalue weighted by Crippen LogP contribution is -2.07. The Kier molecular flexibility index (Phi) is 2.83. The third-order valence-corrected chi connectivity index (χ3v) is 1.64. The van der Waals surface area contributed by atoms with Gasteiger partial charge in [-0.1, -0.05) is 18.2 Å². The largest absolute Gasteiger partial charge is 0.374 e. The lowest BCUT2D eigenvalue weighted by Gasteiger charge is -2.11. The first kappa shape index (κ1) is 8.47. The molecule has 0 aliphatic carbocycles. The summed E-state index contributed by atoms with van der Waals surface area (Å²) in [4.78, 5) is 0. The van der Waals surface area contributed by atoms with E-state index in [-0.39, 0.29) is 5.37 Å². The monoisotopic (exact) mass is 167 g/mol. The fourth-order valence-corrected chi connectivity index (χ4v) is 1.10. The molecule has 1 aromatic carbocycles. The first-order valence-electron chi connectivity index (χ1n) is 3.70. The number of thiol groups is 1. The van der Waals surface area contributed by atoms with Gasteiger partial charge in [-0.05, 0) is 25.5 Å². The van der Waals surface area contributed by atoms with Crippen molar-refractivity contribution >= 4 is 18.3 Å². The average molecular weight is 167 g/mol. The van der Waals surface area contributed by atoms with E-state index in [0.29, 0.717) is 0 Å². The van der Waals surface area contributed by atoms with Crippen LogP contribution >= 0.6 is 12.6 Å². The standard InChI is InChI=1S/C9H13NS/c1-7-5-3-4-6-9(7)10-8(2)11/h3-6,8,10-11H,1-2H3. The van der Waals surface area contributed by atoms with Crippen molar-refractivity contribution in [2.45, 2.75) is 19.2 Å². The zero-order valence-corrected chi connectivity index (χ0v) is 7.73. The molecule has 0 fully saturated rings. The number of nitrogens with one attached hydrogen (secondary N) is 1. The van der Waals surface area contributed by atoms with Crippen LogP contribution < -0.4 is 5.32 Å². The van der Waals surface area contributed by atoms with Gasteiger partial charge in [0.05, 0.1) is 5.37 Å². The lowest BCUT2D eigenvalue weighted by molar-refractivity contribution is 1.13. The third-order valence-electron chi connectivity index (χ3n) is 1.51. The van der Waals surface area contributed by atoms with Gasteiger partial charge >= 0.3 is 0 Å². The molecule has 0 heterocycles. The highest BCUT2D eigenvalue weighted by Gasteiger charge is 1.96. The summed E-state index contributed by atoms with van der Waals surface area (Å²) in [5.41, 5.74) is 2.42. The Morgan fingerprint density at radius 2 is 2.00 bits per heavy atom. The Morgan fingerprint density at radius 3 is 2.55 bits per heavy atom. The van der Waals surface area contributed by atoms with Gasteiger partial charge in [0.1, 0.15) is 0 Å². The van der Waals surface area contributed by atoms with Gasteiger partial charge in [0.15, 0.2) is 0 Å². The zero-order chi connectivity index (χ0) is 8.27. The van der Waals surface area contributed by atoms with Crippen LogP contribution in [0.2, 0.25) is 0 Å². The molecule has 0 spiro atoms. The van der Waals surface area contributed by atoms with Gasteiger partial charge in [0.25, 0.3) is 0 Å². The van der Waals surface area contributed by atoms with Gasteiger partial charge in [-0.3, -0.25) is 0 Å². The van der Waals surface area contributed by atoms with Crippen molar-refractivity contribution in [1.29, 1.82) is 0 Å². The highest BCUT2D eigenvalue weighted by atomic mass is 32.1. The Labute approximate surface area is 73.2 Å². The summed E-state index contributed by atoms with van der Waals surface area (Å²) >= 11 is 4.25. The molecule has 1 unspecified atom stereocenters. The number of hydrogen-bond acceptors (Lipinski definition) is 2. The molecule has 2 heteroatoms. The maximum Gasteiger partial charge on any atom is 0.0665 e. The first-order chi connectivity index (χ1) is 5.20. The Balaban J connectivity index is 2.78. The van der Waals surface area contributed by atoms with Gasteiger partial charge in [-0.15, -0.1) is 0 Å². The molecule has 0 aliphatic heterocycles. The highest BCUT2D eigenvalue weighted by Crippen LogP contribution is 2.14. The third kappa shape index (κ3) is 2.46. The molecule has 0 amide bonds. The number of para-hydroxylation sites is 1. The molecule has 0 saturated heterocycles. The van der Waals surface area contributed by atoms with E-state index in [1.54, 1.807) is 0 Å². The molecule has 0 aliphatic rings. The van der Waals surface area contributed by atoms with Crippen LogP contribution in [-0.4, -0.2) is 5.37 Å². The molecule has 1 atom stereocenters. The topological polar surface area (TPSA) is 12.0 Å². The number of benzene rings is 1. The van der Waals surface area contributed by atoms with Crippen LogP contribution in [0.15, 0.2) is 24.3 Å². The van der Waals surface area contributed by atoms with Crippen LogP contribution in [0.1, 0.15) is 12.5 Å². The fourth-order valence-electron chi connectivity index (χ4n) is 0.960. The maximum absolute atomic E-state index is 4.25. The Bertz CT molecular complexity index is 233. The first-order valence-corrected chi connectivity index (χ1v) is 4.22. The van der Waals surface area contributed by atoms with Crippen molar-refractivity contribution in [1.82, 2.24) is 0 Å². The van der Waals surface area contributed by atoms with Crippen LogP contribution in [0.25, 0.3) is 0 Å². The lowest BCUT2D eigenvalue weighted by atomic mass is 10.2. The normalized spacial score (nSPS) is 12.6. The van der Waals surface area contributed by atoms with Gasteiger partial charge in [0.2, 0.25) is 0 Å². The van der Waals surface area contributed by atoms with Crippen LogP contribution in [0.4, 0.5) is 5.69 Å². The van der Waals surface area contributed by atoms with Crippen LogP contribution in [-0.2, 0) is 0 Å². The predicted molar refractivity (Wildman–Crippen MR) is 53.2 cm³/mol. The minimum Gasteiger partial charge on any atom is -0.374 e. The smallest absolute Gasteiger partial charge is 0.0665 e. The number of anilines is 1. The molecule has 1 aromatic rings. The summed E-state index contributed by atoms with van der Waals surface area (Å²) in [5, 5.41) is 3.44. The summed E-state index contributed by atoms with van der Waals surface area (Å²) in [6, 6.07) is 8.19. The SMILES string of the molecule is Cc1ccccc1NC(C)S. The molecular formula is C9H13NS. The van der Waals surface area contributed by atoms with Gasteiger partial charge in [-0.25, -0.2) is 0 Å². The average Bonchev–Trinajstić information content (AvgIpc) is 1.93. The van der Waals surface area contributed by atoms with E-state index in [2.05, 4.69) is 37.0 Å². The summed E-state index contributed by atoms with van der Waals surface area (Å²) in [5.74, 6) is 0. The van der Waals surface area contributed by atoms with Gasteiger partial charge < -0.3 is 5.32 Å². The van der Waals surface area contributed by atoms with Crippen molar-refractivity contribution < 1.29 is 0 Å². The second-order valence-electron chi connectivity index (χ2n) is 2.64. The highest BCUT2D eigenvalue weighted by molar-refractivity contribution is 7.81. The van der Waals surface area contributed by atoms with Gasteiger partial charge in [0, 0.05) is 5.69 Å². The molecule has 0 saturated carbocycles. The quantitative estimate of drug-likeness (QED) is 0.510. The molecule has 0 aromatic heterocycles. The fraction of sp³-hybridized carbons (Fsp3) is 0.333. The van der Waals surface area contributed by atoms with Crippen molar-refractivity contribution in [2.24, 2.45) is 0 Å². The van der Waals surface area contributed by atoms with E-state index in [4.69, 9.17) is 0 Å². The molecule has 1 N–H and O–H groups in total. The van der Waals surface area contributed by atoms with E-state index in [9.17, 15) is 0 Å². The van der Waals surface area contributed by atoms with E-state index in [1.165, 1.54) is 5.56 Å². The van der Waals surface area contributed by atoms with E-state index in [1.807, 2.05) is 19.1 Å². The summed E-state index contributed by atoms with van der Waals surface area (Å²) in [6.07, 6.45) is 0. The van der Waals surface area contributed by atoms with E-state index < -0.39 is 0 Å². The Hall–Kier alpha value is -0.630. The number of aryl methyl sites for hydroxylation is 1. The molecule has 60 valence electrons. The second-order valence-corrected chi connectivity index (χ2v) is 3.41. The van der Waals surface area contributed by atoms with Crippen molar-refractivity contribution in [3.63, 3.8) is 0 Å². The summed E-state index contributed by atoms with van der Waals surface area (Å²) in [6.45, 7) is 4.09. The number of hydrogen-bond donors (Lipinski definition) is 2. The van der Waals surface area contributed by atoms with E-state index >= 15 is 0 Å². The molecule has 0 bridgehead atoms. The molecular weight excluding hydrogens is 154 g/mol. The Morgan fingerprint density at radius 1 is 1.36 bits per heavy atom. The number of rotatable bonds is 2. The molecule has 1 rings (SSSR count). The summed E-state index contributed by atoms with van der Waals surface area (Å²) in [7, 11) is 0. The molecule has 11 heavy (non-hydrogen) atoms. The zero-order valence-electron chi connectivity index (χ0n) is 6.83. The van der Waals surface area contributed by atoms with Gasteiger partial charge in [-0.2, -0.15) is 12.6 Å². The second kappa shape index (κ2) is 3.67. The van der Waals surface area contributed by atoms with Crippen LogP contribution in [0.3, 0.4) is 0 Å². The van der Waals surface area contributed by atoms with Crippen LogP contribution in [0.5, 0.6) is 0 Å². The van der Waals surface area contributed by atoms with Crippen molar-refractivity contribution in [2.75, 3.05) is 5.32 Å².